The SMILES string of the molecule is CCNC(=NCCCS(=O)(=O)c1ccccc1)NCCc1ccccc1OC. The fourth-order valence-electron chi connectivity index (χ4n) is 2.76. The van der Waals surface area contributed by atoms with Crippen molar-refractivity contribution in [1.29, 1.82) is 0 Å². The number of para-hydroxylation sites is 1. The minimum absolute atomic E-state index is 0.0845. The lowest BCUT2D eigenvalue weighted by molar-refractivity contribution is 0.409. The highest BCUT2D eigenvalue weighted by molar-refractivity contribution is 7.91. The molecule has 0 aliphatic rings. The number of benzene rings is 2. The van der Waals surface area contributed by atoms with Crippen LogP contribution in [0.15, 0.2) is 64.5 Å². The number of rotatable bonds is 10. The lowest BCUT2D eigenvalue weighted by atomic mass is 10.1. The van der Waals surface area contributed by atoms with Crippen LogP contribution in [0, 0.1) is 0 Å². The number of ether oxygens (including phenoxy) is 1. The van der Waals surface area contributed by atoms with Gasteiger partial charge in [-0.25, -0.2) is 8.42 Å². The van der Waals surface area contributed by atoms with Crippen LogP contribution in [0.1, 0.15) is 18.9 Å². The minimum atomic E-state index is -3.26. The van der Waals surface area contributed by atoms with E-state index in [0.717, 1.165) is 24.3 Å². The van der Waals surface area contributed by atoms with E-state index in [1.807, 2.05) is 37.3 Å². The molecule has 0 aliphatic carbocycles. The number of nitrogens with zero attached hydrogens (tertiary/aromatic N) is 1. The Hall–Kier alpha value is -2.54. The quantitative estimate of drug-likeness (QED) is 0.362. The van der Waals surface area contributed by atoms with Gasteiger partial charge in [-0.15, -0.1) is 0 Å². The second-order valence-electron chi connectivity index (χ2n) is 6.23. The van der Waals surface area contributed by atoms with Gasteiger partial charge in [0, 0.05) is 19.6 Å². The number of nitrogens with one attached hydrogen (secondary N) is 2. The van der Waals surface area contributed by atoms with Crippen molar-refractivity contribution < 1.29 is 13.2 Å². The first-order valence-electron chi connectivity index (χ1n) is 9.48. The molecule has 0 unspecified atom stereocenters. The first kappa shape index (κ1) is 21.8. The Balaban J connectivity index is 1.83. The van der Waals surface area contributed by atoms with Gasteiger partial charge in [-0.05, 0) is 43.5 Å². The van der Waals surface area contributed by atoms with Crippen LogP contribution >= 0.6 is 0 Å². The summed E-state index contributed by atoms with van der Waals surface area (Å²) in [6.07, 6.45) is 1.27. The molecule has 2 aromatic rings. The summed E-state index contributed by atoms with van der Waals surface area (Å²) < 4.78 is 30.0. The number of hydrogen-bond donors (Lipinski definition) is 2. The normalized spacial score (nSPS) is 11.9. The van der Waals surface area contributed by atoms with Gasteiger partial charge in [0.25, 0.3) is 0 Å². The monoisotopic (exact) mass is 403 g/mol. The van der Waals surface area contributed by atoms with Crippen molar-refractivity contribution in [1.82, 2.24) is 10.6 Å². The predicted molar refractivity (Wildman–Crippen MR) is 114 cm³/mol. The highest BCUT2D eigenvalue weighted by atomic mass is 32.2. The lowest BCUT2D eigenvalue weighted by Gasteiger charge is -2.12. The zero-order valence-corrected chi connectivity index (χ0v) is 17.3. The van der Waals surface area contributed by atoms with E-state index in [2.05, 4.69) is 15.6 Å². The third kappa shape index (κ3) is 6.88. The molecule has 2 rings (SSSR count). The molecule has 152 valence electrons. The zero-order valence-electron chi connectivity index (χ0n) is 16.5. The Morgan fingerprint density at radius 1 is 1.04 bits per heavy atom. The van der Waals surface area contributed by atoms with Crippen LogP contribution < -0.4 is 15.4 Å². The molecule has 0 radical (unpaired) electrons. The summed E-state index contributed by atoms with van der Waals surface area (Å²) in [6, 6.07) is 16.5. The molecule has 7 heteroatoms. The highest BCUT2D eigenvalue weighted by Gasteiger charge is 2.12. The molecule has 0 atom stereocenters. The number of methoxy groups -OCH3 is 1. The van der Waals surface area contributed by atoms with E-state index in [1.54, 1.807) is 31.4 Å². The average Bonchev–Trinajstić information content (AvgIpc) is 2.72. The molecule has 0 fully saturated rings. The summed E-state index contributed by atoms with van der Waals surface area (Å²) in [5, 5.41) is 6.47. The van der Waals surface area contributed by atoms with Gasteiger partial charge in [0.2, 0.25) is 0 Å². The van der Waals surface area contributed by atoms with Crippen LogP contribution in [0.5, 0.6) is 5.75 Å². The molecule has 0 heterocycles. The Morgan fingerprint density at radius 2 is 1.75 bits per heavy atom. The van der Waals surface area contributed by atoms with Crippen LogP contribution in [-0.4, -0.2) is 46.9 Å². The smallest absolute Gasteiger partial charge is 0.191 e. The predicted octanol–water partition coefficient (Wildman–Crippen LogP) is 2.66. The van der Waals surface area contributed by atoms with E-state index in [0.29, 0.717) is 30.4 Å². The van der Waals surface area contributed by atoms with E-state index in [-0.39, 0.29) is 5.75 Å². The topological polar surface area (TPSA) is 79.8 Å². The largest absolute Gasteiger partial charge is 0.496 e. The maximum atomic E-state index is 12.3. The molecule has 0 spiro atoms. The highest BCUT2D eigenvalue weighted by Crippen LogP contribution is 2.17. The van der Waals surface area contributed by atoms with Crippen LogP contribution in [0.25, 0.3) is 0 Å². The fraction of sp³-hybridized carbons (Fsp3) is 0.381. The van der Waals surface area contributed by atoms with Gasteiger partial charge in [0.1, 0.15) is 5.75 Å². The van der Waals surface area contributed by atoms with E-state index in [4.69, 9.17) is 4.74 Å². The molecular weight excluding hydrogens is 374 g/mol. The van der Waals surface area contributed by atoms with E-state index in [1.165, 1.54) is 0 Å². The van der Waals surface area contributed by atoms with Crippen molar-refractivity contribution >= 4 is 15.8 Å². The van der Waals surface area contributed by atoms with Gasteiger partial charge in [0.05, 0.1) is 17.8 Å². The van der Waals surface area contributed by atoms with Gasteiger partial charge < -0.3 is 15.4 Å². The van der Waals surface area contributed by atoms with Crippen LogP contribution in [0.4, 0.5) is 0 Å². The van der Waals surface area contributed by atoms with E-state index < -0.39 is 9.84 Å². The third-order valence-electron chi connectivity index (χ3n) is 4.17. The van der Waals surface area contributed by atoms with Crippen molar-refractivity contribution in [3.63, 3.8) is 0 Å². The molecule has 0 aromatic heterocycles. The molecule has 0 aliphatic heterocycles. The van der Waals surface area contributed by atoms with Gasteiger partial charge in [-0.3, -0.25) is 4.99 Å². The number of guanidine groups is 1. The van der Waals surface area contributed by atoms with Crippen molar-refractivity contribution in [2.75, 3.05) is 32.5 Å². The molecule has 0 saturated carbocycles. The minimum Gasteiger partial charge on any atom is -0.496 e. The summed E-state index contributed by atoms with van der Waals surface area (Å²) in [6.45, 7) is 3.88. The number of aliphatic imine (C=N–C) groups is 1. The van der Waals surface area contributed by atoms with Crippen molar-refractivity contribution in [2.24, 2.45) is 4.99 Å². The van der Waals surface area contributed by atoms with Crippen LogP contribution in [-0.2, 0) is 16.3 Å². The number of sulfone groups is 1. The summed E-state index contributed by atoms with van der Waals surface area (Å²) >= 11 is 0. The fourth-order valence-corrected chi connectivity index (χ4v) is 4.07. The average molecular weight is 404 g/mol. The summed E-state index contributed by atoms with van der Waals surface area (Å²) in [5.41, 5.74) is 1.13. The first-order valence-corrected chi connectivity index (χ1v) is 11.1. The standard InChI is InChI=1S/C21H29N3O3S/c1-3-22-21(24-16-14-18-10-7-8-13-20(18)27-2)23-15-9-17-28(25,26)19-11-5-4-6-12-19/h4-8,10-13H,3,9,14-17H2,1-2H3,(H2,22,23,24). The summed E-state index contributed by atoms with van der Waals surface area (Å²) in [7, 11) is -1.59. The second-order valence-corrected chi connectivity index (χ2v) is 8.34. The summed E-state index contributed by atoms with van der Waals surface area (Å²) in [5.74, 6) is 1.65. The molecule has 2 N–H and O–H groups in total. The van der Waals surface area contributed by atoms with Gasteiger partial charge >= 0.3 is 0 Å². The Labute approximate surface area is 168 Å². The van der Waals surface area contributed by atoms with Crippen LogP contribution in [0.3, 0.4) is 0 Å². The lowest BCUT2D eigenvalue weighted by Crippen LogP contribution is -2.38. The summed E-state index contributed by atoms with van der Waals surface area (Å²) in [4.78, 5) is 4.84. The molecule has 28 heavy (non-hydrogen) atoms. The molecule has 0 saturated heterocycles. The van der Waals surface area contributed by atoms with Crippen LogP contribution in [0.2, 0.25) is 0 Å². The van der Waals surface area contributed by atoms with Crippen molar-refractivity contribution in [3.8, 4) is 5.75 Å². The molecule has 0 bridgehead atoms. The zero-order chi connectivity index (χ0) is 20.2. The maximum absolute atomic E-state index is 12.3. The molecule has 0 amide bonds. The van der Waals surface area contributed by atoms with Crippen molar-refractivity contribution in [3.05, 3.63) is 60.2 Å². The molecular formula is C21H29N3O3S. The molecule has 6 nitrogen and oxygen atoms in total. The third-order valence-corrected chi connectivity index (χ3v) is 5.98. The Morgan fingerprint density at radius 3 is 2.46 bits per heavy atom. The Kier molecular flexibility index (Phi) is 8.81. The van der Waals surface area contributed by atoms with Crippen molar-refractivity contribution in [2.45, 2.75) is 24.7 Å². The Bertz CT molecular complexity index is 852. The second kappa shape index (κ2) is 11.3. The number of hydrogen-bond acceptors (Lipinski definition) is 4. The molecule has 2 aromatic carbocycles. The van der Waals surface area contributed by atoms with E-state index in [9.17, 15) is 8.42 Å². The maximum Gasteiger partial charge on any atom is 0.191 e. The van der Waals surface area contributed by atoms with Gasteiger partial charge in [0.15, 0.2) is 15.8 Å². The first-order chi connectivity index (χ1) is 13.6. The van der Waals surface area contributed by atoms with Gasteiger partial charge in [-0.2, -0.15) is 0 Å². The van der Waals surface area contributed by atoms with E-state index >= 15 is 0 Å². The van der Waals surface area contributed by atoms with Gasteiger partial charge in [-0.1, -0.05) is 36.4 Å².